The molecular weight excluding hydrogens is 419 g/mol. The normalized spacial score (nSPS) is 20.1. The van der Waals surface area contributed by atoms with Gasteiger partial charge in [-0.1, -0.05) is 0 Å². The van der Waals surface area contributed by atoms with E-state index in [4.69, 9.17) is 4.99 Å². The van der Waals surface area contributed by atoms with Crippen molar-refractivity contribution in [3.05, 3.63) is 21.9 Å². The highest BCUT2D eigenvalue weighted by molar-refractivity contribution is 14.0. The second-order valence-corrected chi connectivity index (χ2v) is 7.33. The molecule has 1 aromatic heterocycles. The number of rotatable bonds is 4. The minimum atomic E-state index is 0. The van der Waals surface area contributed by atoms with Gasteiger partial charge in [-0.2, -0.15) is 0 Å². The molecule has 23 heavy (non-hydrogen) atoms. The monoisotopic (exact) mass is 448 g/mol. The molecule has 0 bridgehead atoms. The van der Waals surface area contributed by atoms with Crippen LogP contribution in [0.3, 0.4) is 0 Å². The van der Waals surface area contributed by atoms with Gasteiger partial charge in [0.25, 0.3) is 0 Å². The topological polar surface area (TPSA) is 30.9 Å². The van der Waals surface area contributed by atoms with Crippen molar-refractivity contribution < 1.29 is 0 Å². The molecule has 0 radical (unpaired) electrons. The molecule has 1 atom stereocenters. The van der Waals surface area contributed by atoms with E-state index < -0.39 is 0 Å². The number of thiophene rings is 1. The zero-order valence-electron chi connectivity index (χ0n) is 14.3. The van der Waals surface area contributed by atoms with Crippen molar-refractivity contribution in [1.82, 2.24) is 15.1 Å². The first-order chi connectivity index (χ1) is 10.8. The summed E-state index contributed by atoms with van der Waals surface area (Å²) in [6, 6.07) is 2.79. The van der Waals surface area contributed by atoms with Crippen molar-refractivity contribution >= 4 is 41.3 Å². The largest absolute Gasteiger partial charge is 0.357 e. The summed E-state index contributed by atoms with van der Waals surface area (Å²) in [4.78, 5) is 11.5. The Balaban J connectivity index is 0.00000192. The maximum absolute atomic E-state index is 4.91. The van der Waals surface area contributed by atoms with Crippen LogP contribution in [-0.4, -0.2) is 54.5 Å². The molecule has 0 amide bonds. The maximum atomic E-state index is 4.91. The van der Waals surface area contributed by atoms with Gasteiger partial charge in [0.2, 0.25) is 0 Å². The summed E-state index contributed by atoms with van der Waals surface area (Å²) in [5.41, 5.74) is 1.53. The van der Waals surface area contributed by atoms with Gasteiger partial charge in [0.1, 0.15) is 0 Å². The van der Waals surface area contributed by atoms with Gasteiger partial charge in [-0.05, 0) is 50.1 Å². The zero-order valence-corrected chi connectivity index (χ0v) is 17.4. The second kappa shape index (κ2) is 9.22. The molecule has 0 aliphatic carbocycles. The minimum Gasteiger partial charge on any atom is -0.357 e. The smallest absolute Gasteiger partial charge is 0.193 e. The molecule has 1 N–H and O–H groups in total. The lowest BCUT2D eigenvalue weighted by Crippen LogP contribution is -2.42. The molecule has 3 heterocycles. The van der Waals surface area contributed by atoms with Crippen LogP contribution in [0, 0.1) is 0 Å². The molecule has 1 aromatic rings. The van der Waals surface area contributed by atoms with Gasteiger partial charge in [-0.15, -0.1) is 35.3 Å². The number of halogens is 1. The average Bonchev–Trinajstić information content (AvgIpc) is 3.21. The molecule has 6 heteroatoms. The van der Waals surface area contributed by atoms with Crippen LogP contribution in [0.4, 0.5) is 0 Å². The van der Waals surface area contributed by atoms with E-state index >= 15 is 0 Å². The summed E-state index contributed by atoms with van der Waals surface area (Å²) in [7, 11) is 0. The van der Waals surface area contributed by atoms with Crippen molar-refractivity contribution in [2.75, 3.05) is 32.7 Å². The van der Waals surface area contributed by atoms with Crippen LogP contribution in [-0.2, 0) is 13.0 Å². The fourth-order valence-corrected chi connectivity index (χ4v) is 4.22. The number of fused-ring (bicyclic) bond motifs is 1. The van der Waals surface area contributed by atoms with Gasteiger partial charge in [-0.3, -0.25) is 9.89 Å². The molecule has 4 nitrogen and oxygen atoms in total. The Bertz CT molecular complexity index is 510. The number of likely N-dealkylation sites (tertiary alicyclic amines) is 1. The minimum absolute atomic E-state index is 0. The van der Waals surface area contributed by atoms with Crippen molar-refractivity contribution in [1.29, 1.82) is 0 Å². The van der Waals surface area contributed by atoms with E-state index in [1.165, 1.54) is 31.4 Å². The maximum Gasteiger partial charge on any atom is 0.193 e. The van der Waals surface area contributed by atoms with Crippen LogP contribution in [0.2, 0.25) is 0 Å². The number of guanidine groups is 1. The second-order valence-electron chi connectivity index (χ2n) is 6.33. The van der Waals surface area contributed by atoms with Gasteiger partial charge in [-0.25, -0.2) is 0 Å². The molecule has 0 spiro atoms. The third-order valence-electron chi connectivity index (χ3n) is 4.71. The predicted octanol–water partition coefficient (Wildman–Crippen LogP) is 3.17. The number of nitrogens with zero attached hydrogens (tertiary/aromatic N) is 3. The van der Waals surface area contributed by atoms with Crippen molar-refractivity contribution in [2.24, 2.45) is 4.99 Å². The molecule has 1 saturated heterocycles. The van der Waals surface area contributed by atoms with Crippen LogP contribution in [0.1, 0.15) is 37.1 Å². The molecule has 3 rings (SSSR count). The van der Waals surface area contributed by atoms with Gasteiger partial charge >= 0.3 is 0 Å². The van der Waals surface area contributed by atoms with Crippen LogP contribution in [0.25, 0.3) is 0 Å². The fourth-order valence-electron chi connectivity index (χ4n) is 3.34. The Morgan fingerprint density at radius 3 is 2.87 bits per heavy atom. The molecule has 1 fully saturated rings. The van der Waals surface area contributed by atoms with Crippen molar-refractivity contribution in [2.45, 2.75) is 45.7 Å². The number of hydrogen-bond acceptors (Lipinski definition) is 3. The standard InChI is InChI=1S/C17H28N4S.HI/c1-3-18-17(20-8-4-5-9-20)19-12-14(2)21-10-6-16-15(13-21)7-11-22-16;/h7,11,14H,3-6,8-10,12-13H2,1-2H3,(H,18,19);1H. The molecule has 0 saturated carbocycles. The predicted molar refractivity (Wildman–Crippen MR) is 110 cm³/mol. The molecule has 0 aromatic carbocycles. The Morgan fingerprint density at radius 1 is 1.35 bits per heavy atom. The SMILES string of the molecule is CCNC(=NCC(C)N1CCc2sccc2C1)N1CCCC1.I. The third kappa shape index (κ3) is 4.82. The zero-order chi connectivity index (χ0) is 15.4. The van der Waals surface area contributed by atoms with Gasteiger partial charge in [0.05, 0.1) is 6.54 Å². The lowest BCUT2D eigenvalue weighted by atomic mass is 10.1. The third-order valence-corrected chi connectivity index (χ3v) is 5.73. The van der Waals surface area contributed by atoms with Crippen molar-refractivity contribution in [3.63, 3.8) is 0 Å². The summed E-state index contributed by atoms with van der Waals surface area (Å²) < 4.78 is 0. The highest BCUT2D eigenvalue weighted by Crippen LogP contribution is 2.25. The Hall–Kier alpha value is -0.340. The molecule has 2 aliphatic rings. The Kier molecular flexibility index (Phi) is 7.62. The first kappa shape index (κ1) is 19.0. The number of hydrogen-bond donors (Lipinski definition) is 1. The lowest BCUT2D eigenvalue weighted by Gasteiger charge is -2.32. The summed E-state index contributed by atoms with van der Waals surface area (Å²) in [5, 5.41) is 5.68. The first-order valence-corrected chi connectivity index (χ1v) is 9.48. The van der Waals surface area contributed by atoms with Crippen LogP contribution < -0.4 is 5.32 Å². The Morgan fingerprint density at radius 2 is 2.13 bits per heavy atom. The van der Waals surface area contributed by atoms with E-state index in [9.17, 15) is 0 Å². The summed E-state index contributed by atoms with van der Waals surface area (Å²) in [5.74, 6) is 1.11. The molecule has 1 unspecified atom stereocenters. The molecule has 130 valence electrons. The molecular formula is C17H29IN4S. The van der Waals surface area contributed by atoms with Gasteiger partial charge in [0, 0.05) is 43.6 Å². The van der Waals surface area contributed by atoms with E-state index in [2.05, 4.69) is 40.4 Å². The average molecular weight is 448 g/mol. The number of aliphatic imine (C=N–C) groups is 1. The van der Waals surface area contributed by atoms with E-state index in [0.29, 0.717) is 6.04 Å². The highest BCUT2D eigenvalue weighted by Gasteiger charge is 2.22. The van der Waals surface area contributed by atoms with Crippen LogP contribution in [0.15, 0.2) is 16.4 Å². The van der Waals surface area contributed by atoms with Crippen LogP contribution in [0.5, 0.6) is 0 Å². The quantitative estimate of drug-likeness (QED) is 0.436. The van der Waals surface area contributed by atoms with E-state index in [1.807, 2.05) is 11.3 Å². The number of nitrogens with one attached hydrogen (secondary N) is 1. The fraction of sp³-hybridized carbons (Fsp3) is 0.706. The van der Waals surface area contributed by atoms with Crippen LogP contribution >= 0.6 is 35.3 Å². The van der Waals surface area contributed by atoms with Gasteiger partial charge in [0.15, 0.2) is 5.96 Å². The van der Waals surface area contributed by atoms with E-state index in [0.717, 1.165) is 38.7 Å². The summed E-state index contributed by atoms with van der Waals surface area (Å²) in [6.45, 7) is 10.9. The van der Waals surface area contributed by atoms with E-state index in [1.54, 1.807) is 4.88 Å². The lowest BCUT2D eigenvalue weighted by molar-refractivity contribution is 0.196. The first-order valence-electron chi connectivity index (χ1n) is 8.60. The molecule has 2 aliphatic heterocycles. The Labute approximate surface area is 161 Å². The van der Waals surface area contributed by atoms with Crippen molar-refractivity contribution in [3.8, 4) is 0 Å². The highest BCUT2D eigenvalue weighted by atomic mass is 127. The summed E-state index contributed by atoms with van der Waals surface area (Å²) in [6.07, 6.45) is 3.80. The van der Waals surface area contributed by atoms with Gasteiger partial charge < -0.3 is 10.2 Å². The summed E-state index contributed by atoms with van der Waals surface area (Å²) >= 11 is 1.91. The van der Waals surface area contributed by atoms with E-state index in [-0.39, 0.29) is 24.0 Å².